The van der Waals surface area contributed by atoms with Gasteiger partial charge in [-0.2, -0.15) is 5.10 Å². The van der Waals surface area contributed by atoms with Gasteiger partial charge in [-0.05, 0) is 31.5 Å². The Kier molecular flexibility index (Phi) is 4.73. The highest BCUT2D eigenvalue weighted by molar-refractivity contribution is 7.98. The van der Waals surface area contributed by atoms with Gasteiger partial charge in [0.05, 0.1) is 12.2 Å². The van der Waals surface area contributed by atoms with E-state index in [1.54, 1.807) is 18.1 Å². The van der Waals surface area contributed by atoms with Gasteiger partial charge >= 0.3 is 0 Å². The molecule has 0 saturated carbocycles. The Morgan fingerprint density at radius 2 is 1.91 bits per heavy atom. The second-order valence-corrected chi connectivity index (χ2v) is 6.83. The number of rotatable bonds is 5. The zero-order valence-corrected chi connectivity index (χ0v) is 14.9. The van der Waals surface area contributed by atoms with Crippen LogP contribution >= 0.6 is 23.4 Å². The standard InChI is InChI=1S/C16H18ClN5S/c1-11-15(9-23-16-19-18-10-21(16)3)12(2)22(20-11)8-13-4-6-14(17)7-5-13/h4-7,10H,8-9H2,1-3H3. The van der Waals surface area contributed by atoms with Crippen molar-refractivity contribution < 1.29 is 0 Å². The number of aromatic nitrogens is 5. The summed E-state index contributed by atoms with van der Waals surface area (Å²) in [6, 6.07) is 7.89. The summed E-state index contributed by atoms with van der Waals surface area (Å²) in [4.78, 5) is 0. The Balaban J connectivity index is 1.76. The predicted molar refractivity (Wildman–Crippen MR) is 92.8 cm³/mol. The molecule has 0 bridgehead atoms. The molecule has 120 valence electrons. The molecule has 7 heteroatoms. The summed E-state index contributed by atoms with van der Waals surface area (Å²) in [5, 5.41) is 14.4. The third-order valence-corrected chi connectivity index (χ3v) is 5.11. The van der Waals surface area contributed by atoms with Gasteiger partial charge in [0.15, 0.2) is 5.16 Å². The second-order valence-electron chi connectivity index (χ2n) is 5.45. The third kappa shape index (κ3) is 3.59. The highest BCUT2D eigenvalue weighted by Crippen LogP contribution is 2.25. The molecule has 0 radical (unpaired) electrons. The molecule has 3 aromatic rings. The first-order chi connectivity index (χ1) is 11.0. The highest BCUT2D eigenvalue weighted by Gasteiger charge is 2.13. The van der Waals surface area contributed by atoms with Crippen molar-refractivity contribution in [3.63, 3.8) is 0 Å². The van der Waals surface area contributed by atoms with Gasteiger partial charge in [-0.3, -0.25) is 4.68 Å². The van der Waals surface area contributed by atoms with E-state index in [0.29, 0.717) is 0 Å². The van der Waals surface area contributed by atoms with E-state index in [9.17, 15) is 0 Å². The van der Waals surface area contributed by atoms with Crippen LogP contribution in [0.25, 0.3) is 0 Å². The minimum Gasteiger partial charge on any atom is -0.312 e. The average molecular weight is 348 g/mol. The number of nitrogens with zero attached hydrogens (tertiary/aromatic N) is 5. The molecule has 0 unspecified atom stereocenters. The van der Waals surface area contributed by atoms with E-state index in [0.717, 1.165) is 28.2 Å². The van der Waals surface area contributed by atoms with Gasteiger partial charge in [0.25, 0.3) is 0 Å². The van der Waals surface area contributed by atoms with Crippen molar-refractivity contribution in [2.24, 2.45) is 7.05 Å². The molecule has 1 aromatic carbocycles. The van der Waals surface area contributed by atoms with E-state index in [1.165, 1.54) is 16.8 Å². The Morgan fingerprint density at radius 1 is 1.17 bits per heavy atom. The van der Waals surface area contributed by atoms with Gasteiger partial charge in [-0.1, -0.05) is 35.5 Å². The quantitative estimate of drug-likeness (QED) is 0.661. The molecule has 0 aliphatic carbocycles. The van der Waals surface area contributed by atoms with E-state index in [-0.39, 0.29) is 0 Å². The van der Waals surface area contributed by atoms with E-state index in [4.69, 9.17) is 11.6 Å². The number of benzene rings is 1. The van der Waals surface area contributed by atoms with Gasteiger partial charge in [-0.15, -0.1) is 10.2 Å². The van der Waals surface area contributed by atoms with Crippen LogP contribution in [-0.4, -0.2) is 24.5 Å². The molecule has 0 N–H and O–H groups in total. The maximum Gasteiger partial charge on any atom is 0.191 e. The zero-order chi connectivity index (χ0) is 16.4. The van der Waals surface area contributed by atoms with E-state index in [2.05, 4.69) is 29.1 Å². The second kappa shape index (κ2) is 6.76. The molecule has 0 aliphatic heterocycles. The fourth-order valence-corrected chi connectivity index (χ4v) is 3.57. The number of hydrogen-bond donors (Lipinski definition) is 0. The van der Waals surface area contributed by atoms with Gasteiger partial charge in [0.1, 0.15) is 6.33 Å². The SMILES string of the molecule is Cc1nn(Cc2ccc(Cl)cc2)c(C)c1CSc1nncn1C. The highest BCUT2D eigenvalue weighted by atomic mass is 35.5. The van der Waals surface area contributed by atoms with Crippen molar-refractivity contribution in [1.29, 1.82) is 0 Å². The number of thioether (sulfide) groups is 1. The summed E-state index contributed by atoms with van der Waals surface area (Å²) in [5.41, 5.74) is 4.69. The minimum atomic E-state index is 0.748. The molecule has 0 aliphatic rings. The van der Waals surface area contributed by atoms with Crippen molar-refractivity contribution in [3.05, 3.63) is 58.1 Å². The lowest BCUT2D eigenvalue weighted by molar-refractivity contribution is 0.658. The lowest BCUT2D eigenvalue weighted by Crippen LogP contribution is -2.04. The minimum absolute atomic E-state index is 0.748. The Labute approximate surface area is 144 Å². The van der Waals surface area contributed by atoms with E-state index >= 15 is 0 Å². The zero-order valence-electron chi connectivity index (χ0n) is 13.3. The van der Waals surface area contributed by atoms with Crippen LogP contribution in [0, 0.1) is 13.8 Å². The lowest BCUT2D eigenvalue weighted by Gasteiger charge is -2.06. The van der Waals surface area contributed by atoms with Crippen LogP contribution in [0.2, 0.25) is 5.02 Å². The topological polar surface area (TPSA) is 48.5 Å². The first-order valence-electron chi connectivity index (χ1n) is 7.28. The van der Waals surface area contributed by atoms with Crippen LogP contribution in [0.5, 0.6) is 0 Å². The average Bonchev–Trinajstić information content (AvgIpc) is 3.04. The first-order valence-corrected chi connectivity index (χ1v) is 8.65. The Hall–Kier alpha value is -1.79. The van der Waals surface area contributed by atoms with Crippen molar-refractivity contribution in [2.45, 2.75) is 31.3 Å². The smallest absolute Gasteiger partial charge is 0.191 e. The first kappa shape index (κ1) is 16.1. The van der Waals surface area contributed by atoms with E-state index < -0.39 is 0 Å². The molecular formula is C16H18ClN5S. The molecule has 2 aromatic heterocycles. The number of aryl methyl sites for hydroxylation is 2. The lowest BCUT2D eigenvalue weighted by atomic mass is 10.2. The van der Waals surface area contributed by atoms with Crippen LogP contribution in [0.4, 0.5) is 0 Å². The Morgan fingerprint density at radius 3 is 2.57 bits per heavy atom. The molecule has 5 nitrogen and oxygen atoms in total. The summed E-state index contributed by atoms with van der Waals surface area (Å²) in [6.07, 6.45) is 1.71. The largest absolute Gasteiger partial charge is 0.312 e. The van der Waals surface area contributed by atoms with Crippen LogP contribution in [0.15, 0.2) is 35.7 Å². The number of halogens is 1. The fraction of sp³-hybridized carbons (Fsp3) is 0.312. The monoisotopic (exact) mass is 347 g/mol. The van der Waals surface area contributed by atoms with Gasteiger partial charge < -0.3 is 4.57 Å². The summed E-state index contributed by atoms with van der Waals surface area (Å²) in [5.74, 6) is 0.838. The molecule has 0 fully saturated rings. The summed E-state index contributed by atoms with van der Waals surface area (Å²) in [7, 11) is 1.95. The molecule has 0 atom stereocenters. The van der Waals surface area contributed by atoms with Gasteiger partial charge in [0, 0.05) is 29.1 Å². The fourth-order valence-electron chi connectivity index (χ4n) is 2.40. The molecule has 3 rings (SSSR count). The van der Waals surface area contributed by atoms with Gasteiger partial charge in [-0.25, -0.2) is 0 Å². The number of hydrogen-bond acceptors (Lipinski definition) is 4. The van der Waals surface area contributed by atoms with Crippen LogP contribution < -0.4 is 0 Å². The maximum absolute atomic E-state index is 5.94. The molecule has 0 saturated heterocycles. The molecular weight excluding hydrogens is 330 g/mol. The van der Waals surface area contributed by atoms with Crippen LogP contribution in [0.3, 0.4) is 0 Å². The molecule has 0 amide bonds. The third-order valence-electron chi connectivity index (χ3n) is 3.79. The summed E-state index contributed by atoms with van der Waals surface area (Å²) >= 11 is 7.62. The van der Waals surface area contributed by atoms with Crippen molar-refractivity contribution in [1.82, 2.24) is 24.5 Å². The maximum atomic E-state index is 5.94. The van der Waals surface area contributed by atoms with Crippen molar-refractivity contribution >= 4 is 23.4 Å². The van der Waals surface area contributed by atoms with E-state index in [1.807, 2.05) is 40.6 Å². The molecule has 2 heterocycles. The molecule has 0 spiro atoms. The molecule has 23 heavy (non-hydrogen) atoms. The summed E-state index contributed by atoms with van der Waals surface area (Å²) < 4.78 is 3.97. The van der Waals surface area contributed by atoms with Crippen LogP contribution in [0.1, 0.15) is 22.5 Å². The summed E-state index contributed by atoms with van der Waals surface area (Å²) in [6.45, 7) is 4.92. The predicted octanol–water partition coefficient (Wildman–Crippen LogP) is 3.62. The normalized spacial score (nSPS) is 11.1. The Bertz CT molecular complexity index is 806. The van der Waals surface area contributed by atoms with Gasteiger partial charge in [0.2, 0.25) is 0 Å². The van der Waals surface area contributed by atoms with Crippen molar-refractivity contribution in [2.75, 3.05) is 0 Å². The van der Waals surface area contributed by atoms with Crippen molar-refractivity contribution in [3.8, 4) is 0 Å². The van der Waals surface area contributed by atoms with Crippen LogP contribution in [-0.2, 0) is 19.3 Å².